The van der Waals surface area contributed by atoms with Crippen LogP contribution in [0.15, 0.2) is 30.3 Å². The second-order valence-corrected chi connectivity index (χ2v) is 4.74. The van der Waals surface area contributed by atoms with Gasteiger partial charge in [-0.25, -0.2) is 0 Å². The van der Waals surface area contributed by atoms with Crippen molar-refractivity contribution in [2.24, 2.45) is 5.73 Å². The Labute approximate surface area is 113 Å². The van der Waals surface area contributed by atoms with E-state index in [-0.39, 0.29) is 11.9 Å². The highest BCUT2D eigenvalue weighted by Crippen LogP contribution is 2.19. The van der Waals surface area contributed by atoms with Gasteiger partial charge >= 0.3 is 0 Å². The van der Waals surface area contributed by atoms with Gasteiger partial charge in [0.1, 0.15) is 5.75 Å². The minimum Gasteiger partial charge on any atom is -0.496 e. The van der Waals surface area contributed by atoms with Crippen molar-refractivity contribution in [2.75, 3.05) is 20.2 Å². The molecule has 0 bridgehead atoms. The maximum atomic E-state index is 12.0. The number of hydrogen-bond acceptors (Lipinski definition) is 3. The van der Waals surface area contributed by atoms with Crippen LogP contribution in [0.1, 0.15) is 18.4 Å². The third-order valence-corrected chi connectivity index (χ3v) is 3.40. The molecule has 1 saturated heterocycles. The number of hydrogen-bond donors (Lipinski definition) is 1. The molecule has 1 amide bonds. The molecule has 1 fully saturated rings. The number of ether oxygens (including phenoxy) is 1. The molecular weight excluding hydrogens is 240 g/mol. The van der Waals surface area contributed by atoms with Gasteiger partial charge in [-0.1, -0.05) is 18.2 Å². The van der Waals surface area contributed by atoms with Gasteiger partial charge in [0, 0.05) is 30.8 Å². The van der Waals surface area contributed by atoms with Crippen molar-refractivity contribution in [1.82, 2.24) is 4.90 Å². The molecule has 1 aliphatic rings. The third-order valence-electron chi connectivity index (χ3n) is 3.40. The Hall–Kier alpha value is -1.81. The predicted molar refractivity (Wildman–Crippen MR) is 75.8 cm³/mol. The Balaban J connectivity index is 2.00. The van der Waals surface area contributed by atoms with E-state index in [0.29, 0.717) is 0 Å². The summed E-state index contributed by atoms with van der Waals surface area (Å²) in [6.07, 6.45) is 5.17. The number of likely N-dealkylation sites (tertiary alicyclic amines) is 1. The van der Waals surface area contributed by atoms with Crippen molar-refractivity contribution in [2.45, 2.75) is 18.9 Å². The molecule has 4 heteroatoms. The van der Waals surface area contributed by atoms with Crippen LogP contribution < -0.4 is 10.5 Å². The van der Waals surface area contributed by atoms with E-state index < -0.39 is 0 Å². The zero-order chi connectivity index (χ0) is 13.7. The summed E-state index contributed by atoms with van der Waals surface area (Å²) in [5, 5.41) is 0. The average molecular weight is 260 g/mol. The molecule has 0 aromatic heterocycles. The van der Waals surface area contributed by atoms with Crippen molar-refractivity contribution in [3.05, 3.63) is 35.9 Å². The summed E-state index contributed by atoms with van der Waals surface area (Å²) in [4.78, 5) is 13.9. The molecule has 0 atom stereocenters. The molecule has 0 unspecified atom stereocenters. The average Bonchev–Trinajstić information content (AvgIpc) is 2.45. The van der Waals surface area contributed by atoms with Gasteiger partial charge in [-0.15, -0.1) is 0 Å². The molecule has 1 aliphatic heterocycles. The van der Waals surface area contributed by atoms with Crippen LogP contribution in [-0.2, 0) is 4.79 Å². The van der Waals surface area contributed by atoms with Crippen LogP contribution >= 0.6 is 0 Å². The molecule has 1 heterocycles. The first-order valence-electron chi connectivity index (χ1n) is 6.56. The summed E-state index contributed by atoms with van der Waals surface area (Å²) in [5.74, 6) is 0.810. The number of para-hydroxylation sites is 1. The van der Waals surface area contributed by atoms with Crippen molar-refractivity contribution in [1.29, 1.82) is 0 Å². The van der Waals surface area contributed by atoms with E-state index in [2.05, 4.69) is 0 Å². The molecule has 0 spiro atoms. The lowest BCUT2D eigenvalue weighted by atomic mass is 10.1. The molecular formula is C15H20N2O2. The minimum atomic E-state index is 0.0396. The molecule has 1 aromatic carbocycles. The lowest BCUT2D eigenvalue weighted by Gasteiger charge is -2.29. The number of benzene rings is 1. The molecule has 1 aromatic rings. The topological polar surface area (TPSA) is 55.6 Å². The first kappa shape index (κ1) is 13.6. The summed E-state index contributed by atoms with van der Waals surface area (Å²) >= 11 is 0. The van der Waals surface area contributed by atoms with Crippen LogP contribution in [0.25, 0.3) is 6.08 Å². The fraction of sp³-hybridized carbons (Fsp3) is 0.400. The van der Waals surface area contributed by atoms with E-state index in [1.54, 1.807) is 19.3 Å². The molecule has 2 rings (SSSR count). The van der Waals surface area contributed by atoms with Crippen molar-refractivity contribution >= 4 is 12.0 Å². The number of carbonyl (C=O) groups excluding carboxylic acids is 1. The Kier molecular flexibility index (Phi) is 4.58. The van der Waals surface area contributed by atoms with E-state index in [9.17, 15) is 4.79 Å². The summed E-state index contributed by atoms with van der Waals surface area (Å²) in [7, 11) is 1.63. The number of amides is 1. The fourth-order valence-electron chi connectivity index (χ4n) is 2.19. The Morgan fingerprint density at radius 1 is 1.37 bits per heavy atom. The first-order chi connectivity index (χ1) is 9.20. The molecule has 2 N–H and O–H groups in total. The predicted octanol–water partition coefficient (Wildman–Crippen LogP) is 1.66. The Bertz CT molecular complexity index is 463. The van der Waals surface area contributed by atoms with E-state index in [4.69, 9.17) is 10.5 Å². The normalized spacial score (nSPS) is 16.8. The quantitative estimate of drug-likeness (QED) is 0.841. The number of carbonyl (C=O) groups is 1. The highest BCUT2D eigenvalue weighted by molar-refractivity contribution is 5.92. The van der Waals surface area contributed by atoms with Gasteiger partial charge in [-0.05, 0) is 25.0 Å². The number of methoxy groups -OCH3 is 1. The second kappa shape index (κ2) is 6.38. The Morgan fingerprint density at radius 3 is 2.74 bits per heavy atom. The van der Waals surface area contributed by atoms with Gasteiger partial charge < -0.3 is 15.4 Å². The summed E-state index contributed by atoms with van der Waals surface area (Å²) < 4.78 is 5.24. The molecule has 0 saturated carbocycles. The minimum absolute atomic E-state index is 0.0396. The van der Waals surface area contributed by atoms with Gasteiger partial charge in [-0.3, -0.25) is 4.79 Å². The lowest BCUT2D eigenvalue weighted by molar-refractivity contribution is -0.126. The summed E-state index contributed by atoms with van der Waals surface area (Å²) in [6, 6.07) is 7.87. The second-order valence-electron chi connectivity index (χ2n) is 4.74. The van der Waals surface area contributed by atoms with Gasteiger partial charge in [0.05, 0.1) is 7.11 Å². The SMILES string of the molecule is COc1ccccc1/C=C/C(=O)N1CCC(N)CC1. The smallest absolute Gasteiger partial charge is 0.246 e. The number of nitrogens with zero attached hydrogens (tertiary/aromatic N) is 1. The van der Waals surface area contributed by atoms with E-state index >= 15 is 0 Å². The van der Waals surface area contributed by atoms with Crippen LogP contribution in [0.3, 0.4) is 0 Å². The van der Waals surface area contributed by atoms with E-state index in [1.807, 2.05) is 29.2 Å². The van der Waals surface area contributed by atoms with E-state index in [1.165, 1.54) is 0 Å². The van der Waals surface area contributed by atoms with Crippen LogP contribution in [-0.4, -0.2) is 37.0 Å². The molecule has 4 nitrogen and oxygen atoms in total. The highest BCUT2D eigenvalue weighted by Gasteiger charge is 2.18. The standard InChI is InChI=1S/C15H20N2O2/c1-19-14-5-3-2-4-12(14)6-7-15(18)17-10-8-13(16)9-11-17/h2-7,13H,8-11,16H2,1H3/b7-6+. The third kappa shape index (κ3) is 3.58. The van der Waals surface area contributed by atoms with Gasteiger partial charge in [-0.2, -0.15) is 0 Å². The largest absolute Gasteiger partial charge is 0.496 e. The molecule has 19 heavy (non-hydrogen) atoms. The van der Waals surface area contributed by atoms with Gasteiger partial charge in [0.2, 0.25) is 5.91 Å². The number of piperidine rings is 1. The number of rotatable bonds is 3. The van der Waals surface area contributed by atoms with Crippen LogP contribution in [0.4, 0.5) is 0 Å². The Morgan fingerprint density at radius 2 is 2.05 bits per heavy atom. The maximum absolute atomic E-state index is 12.0. The van der Waals surface area contributed by atoms with Crippen molar-refractivity contribution in [3.63, 3.8) is 0 Å². The fourth-order valence-corrected chi connectivity index (χ4v) is 2.19. The van der Waals surface area contributed by atoms with Gasteiger partial charge in [0.25, 0.3) is 0 Å². The molecule has 102 valence electrons. The van der Waals surface area contributed by atoms with Gasteiger partial charge in [0.15, 0.2) is 0 Å². The zero-order valence-corrected chi connectivity index (χ0v) is 11.2. The summed E-state index contributed by atoms with van der Waals surface area (Å²) in [6.45, 7) is 1.49. The maximum Gasteiger partial charge on any atom is 0.246 e. The van der Waals surface area contributed by atoms with Crippen molar-refractivity contribution in [3.8, 4) is 5.75 Å². The van der Waals surface area contributed by atoms with E-state index in [0.717, 1.165) is 37.2 Å². The van der Waals surface area contributed by atoms with Crippen molar-refractivity contribution < 1.29 is 9.53 Å². The summed E-state index contributed by atoms with van der Waals surface area (Å²) in [5.41, 5.74) is 6.74. The number of nitrogens with two attached hydrogens (primary N) is 1. The van der Waals surface area contributed by atoms with Crippen LogP contribution in [0.2, 0.25) is 0 Å². The molecule has 0 aliphatic carbocycles. The van der Waals surface area contributed by atoms with Crippen LogP contribution in [0.5, 0.6) is 5.75 Å². The first-order valence-corrected chi connectivity index (χ1v) is 6.56. The highest BCUT2D eigenvalue weighted by atomic mass is 16.5. The monoisotopic (exact) mass is 260 g/mol. The zero-order valence-electron chi connectivity index (χ0n) is 11.2. The lowest BCUT2D eigenvalue weighted by Crippen LogP contribution is -2.42. The van der Waals surface area contributed by atoms with Crippen LogP contribution in [0, 0.1) is 0 Å². The molecule has 0 radical (unpaired) electrons.